The van der Waals surface area contributed by atoms with E-state index < -0.39 is 0 Å². The molecule has 0 spiro atoms. The van der Waals surface area contributed by atoms with Gasteiger partial charge in [0.1, 0.15) is 5.75 Å². The van der Waals surface area contributed by atoms with Gasteiger partial charge in [0, 0.05) is 4.47 Å². The average Bonchev–Trinajstić information content (AvgIpc) is 2.54. The van der Waals surface area contributed by atoms with Crippen LogP contribution in [0.25, 0.3) is 0 Å². The Labute approximate surface area is 156 Å². The number of aryl methyl sites for hydroxylation is 1. The van der Waals surface area contributed by atoms with Crippen molar-refractivity contribution in [1.82, 2.24) is 5.43 Å². The minimum atomic E-state index is -0.367. The topological polar surface area (TPSA) is 74.5 Å². The molecule has 0 aromatic heterocycles. The van der Waals surface area contributed by atoms with E-state index in [4.69, 9.17) is 10.00 Å². The second-order valence-electron chi connectivity index (χ2n) is 4.85. The van der Waals surface area contributed by atoms with E-state index in [1.165, 1.54) is 6.21 Å². The fourth-order valence-corrected chi connectivity index (χ4v) is 3.42. The fourth-order valence-electron chi connectivity index (χ4n) is 1.86. The molecular formula is C17H13Br2N3O2. The standard InChI is InChI=1S/C17H13Br2N3O2/c1-11-6-14(18)7-15(19)17(11)24-10-16(23)22-21-9-13-4-2-12(8-20)3-5-13/h2-7,9H,10H2,1H3,(H,22,23)/b21-9+. The van der Waals surface area contributed by atoms with E-state index in [9.17, 15) is 4.79 Å². The fraction of sp³-hybridized carbons (Fsp3) is 0.118. The van der Waals surface area contributed by atoms with Crippen LogP contribution in [0, 0.1) is 18.3 Å². The molecule has 1 amide bonds. The molecule has 0 atom stereocenters. The molecule has 7 heteroatoms. The van der Waals surface area contributed by atoms with Crippen LogP contribution in [0.2, 0.25) is 0 Å². The van der Waals surface area contributed by atoms with Crippen LogP contribution >= 0.6 is 31.9 Å². The Kier molecular flexibility index (Phi) is 6.53. The van der Waals surface area contributed by atoms with Gasteiger partial charge in [-0.2, -0.15) is 10.4 Å². The summed E-state index contributed by atoms with van der Waals surface area (Å²) in [7, 11) is 0. The molecule has 0 saturated carbocycles. The van der Waals surface area contributed by atoms with Crippen LogP contribution in [0.4, 0.5) is 0 Å². The SMILES string of the molecule is Cc1cc(Br)cc(Br)c1OCC(=O)N/N=C/c1ccc(C#N)cc1. The van der Waals surface area contributed by atoms with Gasteiger partial charge in [0.25, 0.3) is 5.91 Å². The Morgan fingerprint density at radius 3 is 2.67 bits per heavy atom. The minimum absolute atomic E-state index is 0.147. The first kappa shape index (κ1) is 18.2. The van der Waals surface area contributed by atoms with Gasteiger partial charge in [-0.15, -0.1) is 0 Å². The van der Waals surface area contributed by atoms with E-state index in [0.29, 0.717) is 11.3 Å². The van der Waals surface area contributed by atoms with Gasteiger partial charge < -0.3 is 4.74 Å². The molecule has 0 heterocycles. The molecule has 2 aromatic rings. The molecule has 24 heavy (non-hydrogen) atoms. The monoisotopic (exact) mass is 449 g/mol. The van der Waals surface area contributed by atoms with Crippen molar-refractivity contribution in [2.75, 3.05) is 6.61 Å². The molecular weight excluding hydrogens is 438 g/mol. The second kappa shape index (κ2) is 8.62. The summed E-state index contributed by atoms with van der Waals surface area (Å²) < 4.78 is 7.22. The minimum Gasteiger partial charge on any atom is -0.482 e. The van der Waals surface area contributed by atoms with Crippen LogP contribution in [-0.4, -0.2) is 18.7 Å². The highest BCUT2D eigenvalue weighted by molar-refractivity contribution is 9.11. The first-order valence-corrected chi connectivity index (χ1v) is 8.48. The Morgan fingerprint density at radius 2 is 2.04 bits per heavy atom. The third kappa shape index (κ3) is 5.18. The van der Waals surface area contributed by atoms with Crippen molar-refractivity contribution in [3.8, 4) is 11.8 Å². The Morgan fingerprint density at radius 1 is 1.33 bits per heavy atom. The van der Waals surface area contributed by atoms with Crippen molar-refractivity contribution >= 4 is 44.0 Å². The molecule has 2 rings (SSSR count). The van der Waals surface area contributed by atoms with Gasteiger partial charge in [0.2, 0.25) is 0 Å². The summed E-state index contributed by atoms with van der Waals surface area (Å²) in [5.41, 5.74) is 4.65. The zero-order chi connectivity index (χ0) is 17.5. The lowest BCUT2D eigenvalue weighted by molar-refractivity contribution is -0.123. The number of ether oxygens (including phenoxy) is 1. The normalized spacial score (nSPS) is 10.4. The number of hydrogen-bond acceptors (Lipinski definition) is 4. The number of hydrogen-bond donors (Lipinski definition) is 1. The lowest BCUT2D eigenvalue weighted by Crippen LogP contribution is -2.24. The summed E-state index contributed by atoms with van der Waals surface area (Å²) in [5.74, 6) is 0.249. The number of nitrogens with one attached hydrogen (secondary N) is 1. The molecule has 0 fully saturated rings. The first-order chi connectivity index (χ1) is 11.5. The van der Waals surface area contributed by atoms with Gasteiger partial charge >= 0.3 is 0 Å². The van der Waals surface area contributed by atoms with Gasteiger partial charge in [-0.1, -0.05) is 28.1 Å². The summed E-state index contributed by atoms with van der Waals surface area (Å²) in [6.45, 7) is 1.75. The zero-order valence-electron chi connectivity index (χ0n) is 12.7. The number of rotatable bonds is 5. The van der Waals surface area contributed by atoms with E-state index >= 15 is 0 Å². The number of nitrogens with zero attached hydrogens (tertiary/aromatic N) is 2. The number of benzene rings is 2. The molecule has 0 unspecified atom stereocenters. The molecule has 1 N–H and O–H groups in total. The van der Waals surface area contributed by atoms with Crippen molar-refractivity contribution in [2.24, 2.45) is 5.10 Å². The number of carbonyl (C=O) groups excluding carboxylic acids is 1. The van der Waals surface area contributed by atoms with E-state index in [1.807, 2.05) is 25.1 Å². The molecule has 0 bridgehead atoms. The summed E-state index contributed by atoms with van der Waals surface area (Å²) >= 11 is 6.79. The maximum Gasteiger partial charge on any atom is 0.277 e. The number of halogens is 2. The Hall–Kier alpha value is -2.17. The molecule has 0 saturated heterocycles. The van der Waals surface area contributed by atoms with Crippen LogP contribution in [0.5, 0.6) is 5.75 Å². The van der Waals surface area contributed by atoms with Crippen LogP contribution in [0.3, 0.4) is 0 Å². The third-order valence-corrected chi connectivity index (χ3v) is 4.03. The van der Waals surface area contributed by atoms with Gasteiger partial charge in [0.15, 0.2) is 6.61 Å². The summed E-state index contributed by atoms with van der Waals surface area (Å²) in [5, 5.41) is 12.6. The largest absolute Gasteiger partial charge is 0.482 e. The molecule has 5 nitrogen and oxygen atoms in total. The van der Waals surface area contributed by atoms with Crippen molar-refractivity contribution < 1.29 is 9.53 Å². The number of nitriles is 1. The number of carbonyl (C=O) groups is 1. The van der Waals surface area contributed by atoms with Gasteiger partial charge in [-0.05, 0) is 58.2 Å². The maximum absolute atomic E-state index is 11.8. The number of hydrazone groups is 1. The lowest BCUT2D eigenvalue weighted by Gasteiger charge is -2.10. The molecule has 0 aliphatic rings. The highest BCUT2D eigenvalue weighted by Gasteiger charge is 2.09. The van der Waals surface area contributed by atoms with Crippen molar-refractivity contribution in [1.29, 1.82) is 5.26 Å². The smallest absolute Gasteiger partial charge is 0.277 e. The molecule has 0 radical (unpaired) electrons. The third-order valence-electron chi connectivity index (χ3n) is 2.98. The maximum atomic E-state index is 11.8. The molecule has 2 aromatic carbocycles. The predicted octanol–water partition coefficient (Wildman–Crippen LogP) is 3.92. The quantitative estimate of drug-likeness (QED) is 0.554. The lowest BCUT2D eigenvalue weighted by atomic mass is 10.2. The summed E-state index contributed by atoms with van der Waals surface area (Å²) in [6.07, 6.45) is 1.50. The van der Waals surface area contributed by atoms with Gasteiger partial charge in [0.05, 0.1) is 22.3 Å². The van der Waals surface area contributed by atoms with Crippen molar-refractivity contribution in [3.05, 3.63) is 62.0 Å². The van der Waals surface area contributed by atoms with Crippen LogP contribution in [0.1, 0.15) is 16.7 Å². The molecule has 122 valence electrons. The van der Waals surface area contributed by atoms with Gasteiger partial charge in [-0.25, -0.2) is 5.43 Å². The second-order valence-corrected chi connectivity index (χ2v) is 6.62. The van der Waals surface area contributed by atoms with E-state index in [0.717, 1.165) is 20.1 Å². The Bertz CT molecular complexity index is 789. The predicted molar refractivity (Wildman–Crippen MR) is 99.0 cm³/mol. The van der Waals surface area contributed by atoms with E-state index in [-0.39, 0.29) is 12.5 Å². The Balaban J connectivity index is 1.87. The molecule has 0 aliphatic heterocycles. The zero-order valence-corrected chi connectivity index (χ0v) is 15.9. The van der Waals surface area contributed by atoms with Gasteiger partial charge in [-0.3, -0.25) is 4.79 Å². The van der Waals surface area contributed by atoms with Crippen molar-refractivity contribution in [2.45, 2.75) is 6.92 Å². The number of amides is 1. The van der Waals surface area contributed by atoms with E-state index in [1.54, 1.807) is 24.3 Å². The van der Waals surface area contributed by atoms with Crippen LogP contribution < -0.4 is 10.2 Å². The summed E-state index contributed by atoms with van der Waals surface area (Å²) in [6, 6.07) is 12.6. The van der Waals surface area contributed by atoms with Crippen LogP contribution in [-0.2, 0) is 4.79 Å². The van der Waals surface area contributed by atoms with Crippen molar-refractivity contribution in [3.63, 3.8) is 0 Å². The first-order valence-electron chi connectivity index (χ1n) is 6.90. The molecule has 0 aliphatic carbocycles. The highest BCUT2D eigenvalue weighted by atomic mass is 79.9. The van der Waals surface area contributed by atoms with E-state index in [2.05, 4.69) is 42.4 Å². The van der Waals surface area contributed by atoms with Crippen LogP contribution in [0.15, 0.2) is 50.4 Å². The summed E-state index contributed by atoms with van der Waals surface area (Å²) in [4.78, 5) is 11.8. The highest BCUT2D eigenvalue weighted by Crippen LogP contribution is 2.32. The average molecular weight is 451 g/mol.